The van der Waals surface area contributed by atoms with E-state index in [9.17, 15) is 9.59 Å². The molecule has 2 heterocycles. The van der Waals surface area contributed by atoms with E-state index in [4.69, 9.17) is 9.84 Å². The van der Waals surface area contributed by atoms with Crippen LogP contribution in [0.3, 0.4) is 0 Å². The smallest absolute Gasteiger partial charge is 0.335 e. The van der Waals surface area contributed by atoms with Gasteiger partial charge in [-0.1, -0.05) is 0 Å². The van der Waals surface area contributed by atoms with Gasteiger partial charge in [0.05, 0.1) is 28.7 Å². The number of carboxylic acids is 1. The van der Waals surface area contributed by atoms with Crippen molar-refractivity contribution < 1.29 is 14.6 Å². The van der Waals surface area contributed by atoms with Gasteiger partial charge >= 0.3 is 11.7 Å². The molecule has 2 unspecified atom stereocenters. The molecule has 0 spiro atoms. The van der Waals surface area contributed by atoms with Crippen molar-refractivity contribution in [3.05, 3.63) is 34.2 Å². The van der Waals surface area contributed by atoms with Crippen LogP contribution in [0.15, 0.2) is 23.0 Å². The molecule has 2 atom stereocenters. The summed E-state index contributed by atoms with van der Waals surface area (Å²) in [6, 6.07) is 4.59. The fourth-order valence-corrected chi connectivity index (χ4v) is 2.82. The third-order valence-corrected chi connectivity index (χ3v) is 3.87. The molecule has 6 nitrogen and oxygen atoms in total. The quantitative estimate of drug-likeness (QED) is 0.894. The van der Waals surface area contributed by atoms with E-state index in [1.807, 2.05) is 6.92 Å². The van der Waals surface area contributed by atoms with E-state index in [0.29, 0.717) is 11.0 Å². The van der Waals surface area contributed by atoms with Crippen molar-refractivity contribution in [3.8, 4) is 0 Å². The maximum Gasteiger partial charge on any atom is 0.335 e. The Bertz CT molecular complexity index is 710. The molecule has 0 amide bonds. The van der Waals surface area contributed by atoms with Gasteiger partial charge in [0, 0.05) is 6.61 Å². The van der Waals surface area contributed by atoms with Gasteiger partial charge in [0.15, 0.2) is 0 Å². The maximum atomic E-state index is 12.1. The summed E-state index contributed by atoms with van der Waals surface area (Å²) in [5, 5.41) is 8.98. The molecule has 3 rings (SSSR count). The van der Waals surface area contributed by atoms with Crippen LogP contribution < -0.4 is 5.69 Å². The minimum absolute atomic E-state index is 0.0332. The van der Waals surface area contributed by atoms with Gasteiger partial charge in [0.25, 0.3) is 0 Å². The molecular formula is C14H16N2O4. The molecule has 1 aliphatic rings. The zero-order chi connectivity index (χ0) is 14.3. The van der Waals surface area contributed by atoms with Gasteiger partial charge in [-0.25, -0.2) is 9.59 Å². The van der Waals surface area contributed by atoms with E-state index < -0.39 is 5.97 Å². The number of benzene rings is 1. The number of nitrogens with zero attached hydrogens (tertiary/aromatic N) is 1. The van der Waals surface area contributed by atoms with E-state index in [1.54, 1.807) is 10.6 Å². The molecule has 20 heavy (non-hydrogen) atoms. The number of rotatable bonds is 3. The Hall–Kier alpha value is -2.08. The van der Waals surface area contributed by atoms with Gasteiger partial charge in [0.1, 0.15) is 0 Å². The second kappa shape index (κ2) is 4.79. The van der Waals surface area contributed by atoms with Crippen molar-refractivity contribution >= 4 is 17.0 Å². The second-order valence-electron chi connectivity index (χ2n) is 5.13. The van der Waals surface area contributed by atoms with Crippen LogP contribution in [0.2, 0.25) is 0 Å². The number of aromatic nitrogens is 2. The molecular weight excluding hydrogens is 260 g/mol. The summed E-state index contributed by atoms with van der Waals surface area (Å²) < 4.78 is 7.29. The summed E-state index contributed by atoms with van der Waals surface area (Å²) in [4.78, 5) is 25.8. The molecule has 1 aromatic heterocycles. The molecule has 106 valence electrons. The van der Waals surface area contributed by atoms with E-state index >= 15 is 0 Å². The lowest BCUT2D eigenvalue weighted by atomic mass is 10.1. The lowest BCUT2D eigenvalue weighted by Crippen LogP contribution is -2.28. The second-order valence-corrected chi connectivity index (χ2v) is 5.13. The van der Waals surface area contributed by atoms with E-state index in [0.717, 1.165) is 19.4 Å². The molecule has 1 fully saturated rings. The predicted molar refractivity (Wildman–Crippen MR) is 73.2 cm³/mol. The highest BCUT2D eigenvalue weighted by Gasteiger charge is 2.26. The number of ether oxygens (including phenoxy) is 1. The maximum absolute atomic E-state index is 12.1. The number of carbonyl (C=O) groups is 1. The normalized spacial score (nSPS) is 20.4. The van der Waals surface area contributed by atoms with Crippen LogP contribution in [-0.4, -0.2) is 33.3 Å². The minimum atomic E-state index is -1.01. The lowest BCUT2D eigenvalue weighted by molar-refractivity contribution is 0.0696. The summed E-state index contributed by atoms with van der Waals surface area (Å²) in [5.41, 5.74) is 1.18. The Morgan fingerprint density at radius 2 is 2.35 bits per heavy atom. The summed E-state index contributed by atoms with van der Waals surface area (Å²) >= 11 is 0. The summed E-state index contributed by atoms with van der Waals surface area (Å²) in [7, 11) is 0. The van der Waals surface area contributed by atoms with Crippen LogP contribution in [0.1, 0.15) is 36.2 Å². The number of H-pyrrole nitrogens is 1. The fourth-order valence-electron chi connectivity index (χ4n) is 2.82. The van der Waals surface area contributed by atoms with Crippen LogP contribution in [-0.2, 0) is 4.74 Å². The lowest BCUT2D eigenvalue weighted by Gasteiger charge is -2.20. The first kappa shape index (κ1) is 12.9. The number of aromatic amines is 1. The third kappa shape index (κ3) is 2.02. The first-order valence-corrected chi connectivity index (χ1v) is 6.67. The topological polar surface area (TPSA) is 84.3 Å². The first-order valence-electron chi connectivity index (χ1n) is 6.67. The molecule has 0 radical (unpaired) electrons. The van der Waals surface area contributed by atoms with E-state index in [-0.39, 0.29) is 23.4 Å². The van der Waals surface area contributed by atoms with Gasteiger partial charge < -0.3 is 14.8 Å². The van der Waals surface area contributed by atoms with Gasteiger partial charge in [-0.15, -0.1) is 0 Å². The number of imidazole rings is 1. The van der Waals surface area contributed by atoms with Gasteiger partial charge in [-0.2, -0.15) is 0 Å². The third-order valence-electron chi connectivity index (χ3n) is 3.87. The van der Waals surface area contributed by atoms with Crippen molar-refractivity contribution in [1.82, 2.24) is 9.55 Å². The Labute approximate surface area is 115 Å². The number of aromatic carboxylic acids is 1. The molecule has 1 saturated heterocycles. The predicted octanol–water partition coefficient (Wildman–Crippen LogP) is 1.77. The zero-order valence-electron chi connectivity index (χ0n) is 11.1. The van der Waals surface area contributed by atoms with Crippen LogP contribution in [0.5, 0.6) is 0 Å². The molecule has 6 heteroatoms. The highest BCUT2D eigenvalue weighted by molar-refractivity contribution is 5.92. The monoisotopic (exact) mass is 276 g/mol. The standard InChI is InChI=1S/C14H16N2O4/c1-8(12-3-2-6-20-12)16-11-5-4-9(13(17)18)7-10(11)15-14(16)19/h4-5,7-8,12H,2-3,6H2,1H3,(H,15,19)(H,17,18). The van der Waals surface area contributed by atoms with Crippen molar-refractivity contribution in [3.63, 3.8) is 0 Å². The molecule has 0 saturated carbocycles. The Morgan fingerprint density at radius 1 is 1.55 bits per heavy atom. The van der Waals surface area contributed by atoms with Gasteiger partial charge in [-0.3, -0.25) is 4.57 Å². The Kier molecular flexibility index (Phi) is 3.10. The van der Waals surface area contributed by atoms with Crippen molar-refractivity contribution in [2.24, 2.45) is 0 Å². The van der Waals surface area contributed by atoms with Gasteiger partial charge in [0.2, 0.25) is 0 Å². The number of hydrogen-bond acceptors (Lipinski definition) is 3. The van der Waals surface area contributed by atoms with Crippen LogP contribution in [0.4, 0.5) is 0 Å². The molecule has 0 aliphatic carbocycles. The number of fused-ring (bicyclic) bond motifs is 1. The molecule has 1 aliphatic heterocycles. The number of carboxylic acid groups (broad SMARTS) is 1. The zero-order valence-corrected chi connectivity index (χ0v) is 11.1. The molecule has 2 aromatic rings. The largest absolute Gasteiger partial charge is 0.478 e. The summed E-state index contributed by atoms with van der Waals surface area (Å²) in [6.07, 6.45) is 1.98. The average Bonchev–Trinajstić information content (AvgIpc) is 3.03. The molecule has 1 aromatic carbocycles. The SMILES string of the molecule is CC(C1CCCO1)n1c(=O)[nH]c2cc(C(=O)O)ccc21. The summed E-state index contributed by atoms with van der Waals surface area (Å²) in [6.45, 7) is 2.69. The summed E-state index contributed by atoms with van der Waals surface area (Å²) in [5.74, 6) is -1.01. The number of hydrogen-bond donors (Lipinski definition) is 2. The van der Waals surface area contributed by atoms with Crippen LogP contribution >= 0.6 is 0 Å². The average molecular weight is 276 g/mol. The van der Waals surface area contributed by atoms with Crippen molar-refractivity contribution in [2.45, 2.75) is 31.9 Å². The first-order chi connectivity index (χ1) is 9.58. The van der Waals surface area contributed by atoms with Crippen molar-refractivity contribution in [2.75, 3.05) is 6.61 Å². The fraction of sp³-hybridized carbons (Fsp3) is 0.429. The van der Waals surface area contributed by atoms with Crippen molar-refractivity contribution in [1.29, 1.82) is 0 Å². The van der Waals surface area contributed by atoms with Crippen LogP contribution in [0.25, 0.3) is 11.0 Å². The Morgan fingerprint density at radius 3 is 3.00 bits per heavy atom. The van der Waals surface area contributed by atoms with Crippen LogP contribution in [0, 0.1) is 0 Å². The van der Waals surface area contributed by atoms with Gasteiger partial charge in [-0.05, 0) is 38.0 Å². The molecule has 0 bridgehead atoms. The minimum Gasteiger partial charge on any atom is -0.478 e. The van der Waals surface area contributed by atoms with E-state index in [1.165, 1.54) is 12.1 Å². The highest BCUT2D eigenvalue weighted by Crippen LogP contribution is 2.26. The van der Waals surface area contributed by atoms with E-state index in [2.05, 4.69) is 4.98 Å². The highest BCUT2D eigenvalue weighted by atomic mass is 16.5. The Balaban J connectivity index is 2.08. The number of nitrogens with one attached hydrogen (secondary N) is 1. The molecule has 2 N–H and O–H groups in total.